The van der Waals surface area contributed by atoms with Crippen LogP contribution in [0.5, 0.6) is 0 Å². The Morgan fingerprint density at radius 1 is 0.810 bits per heavy atom. The molecule has 0 bridgehead atoms. The van der Waals surface area contributed by atoms with Gasteiger partial charge in [0.1, 0.15) is 9.79 Å². The standard InChI is InChI=1S/C6H5NO11S3/c8-7(9)3-1-2-4(19(10,11)12)6(21(16,17)18)5(3)20(13,14)15/h1-2H,(H,10,11,12)(H,13,14,15)(H,16,17,18). The number of hydrogen-bond donors (Lipinski definition) is 3. The largest absolute Gasteiger partial charge is 0.302 e. The lowest BCUT2D eigenvalue weighted by molar-refractivity contribution is -0.388. The molecule has 0 heterocycles. The summed E-state index contributed by atoms with van der Waals surface area (Å²) in [6.45, 7) is 0. The van der Waals surface area contributed by atoms with Crippen LogP contribution in [0.4, 0.5) is 5.69 Å². The van der Waals surface area contributed by atoms with Gasteiger partial charge in [0.2, 0.25) is 0 Å². The molecule has 15 heteroatoms. The molecule has 0 amide bonds. The molecule has 3 N–H and O–H groups in total. The van der Waals surface area contributed by atoms with Crippen LogP contribution < -0.4 is 0 Å². The van der Waals surface area contributed by atoms with E-state index >= 15 is 0 Å². The average molecular weight is 363 g/mol. The zero-order valence-corrected chi connectivity index (χ0v) is 11.9. The summed E-state index contributed by atoms with van der Waals surface area (Å²) in [6.07, 6.45) is 0. The van der Waals surface area contributed by atoms with E-state index in [1.807, 2.05) is 0 Å². The van der Waals surface area contributed by atoms with Gasteiger partial charge < -0.3 is 0 Å². The molecule has 0 fully saturated rings. The predicted molar refractivity (Wildman–Crippen MR) is 62.5 cm³/mol. The fourth-order valence-electron chi connectivity index (χ4n) is 1.37. The molecule has 0 unspecified atom stereocenters. The first kappa shape index (κ1) is 17.4. The van der Waals surface area contributed by atoms with Gasteiger partial charge in [-0.2, -0.15) is 25.3 Å². The Morgan fingerprint density at radius 3 is 1.52 bits per heavy atom. The quantitative estimate of drug-likeness (QED) is 0.347. The third-order valence-corrected chi connectivity index (χ3v) is 5.07. The Hall–Kier alpha value is -1.65. The van der Waals surface area contributed by atoms with E-state index in [1.165, 1.54) is 0 Å². The minimum absolute atomic E-state index is 0.186. The highest BCUT2D eigenvalue weighted by molar-refractivity contribution is 7.90. The summed E-state index contributed by atoms with van der Waals surface area (Å²) in [5, 5.41) is 10.7. The molecular formula is C6H5NO11S3. The minimum atomic E-state index is -5.67. The van der Waals surface area contributed by atoms with Crippen molar-refractivity contribution in [3.8, 4) is 0 Å². The van der Waals surface area contributed by atoms with Gasteiger partial charge in [0.05, 0.1) is 4.92 Å². The zero-order valence-electron chi connectivity index (χ0n) is 9.43. The van der Waals surface area contributed by atoms with Crippen LogP contribution in [0, 0.1) is 10.1 Å². The van der Waals surface area contributed by atoms with E-state index < -0.39 is 55.7 Å². The summed E-state index contributed by atoms with van der Waals surface area (Å²) in [6, 6.07) is 0.409. The van der Waals surface area contributed by atoms with Gasteiger partial charge in [-0.3, -0.25) is 23.8 Å². The maximum Gasteiger partial charge on any atom is 0.302 e. The third kappa shape index (κ3) is 3.52. The predicted octanol–water partition coefficient (Wildman–Crippen LogP) is -0.665. The molecule has 0 spiro atoms. The number of benzene rings is 1. The highest BCUT2D eigenvalue weighted by Crippen LogP contribution is 2.35. The van der Waals surface area contributed by atoms with Crippen molar-refractivity contribution in [3.63, 3.8) is 0 Å². The molecule has 21 heavy (non-hydrogen) atoms. The molecule has 1 aromatic rings. The van der Waals surface area contributed by atoms with E-state index in [2.05, 4.69) is 0 Å². The first-order chi connectivity index (χ1) is 9.17. The zero-order chi connectivity index (χ0) is 16.8. The van der Waals surface area contributed by atoms with Crippen LogP contribution in [0.25, 0.3) is 0 Å². The van der Waals surface area contributed by atoms with E-state index in [1.54, 1.807) is 0 Å². The smallest absolute Gasteiger partial charge is 0.282 e. The first-order valence-electron chi connectivity index (χ1n) is 4.41. The Bertz CT molecular complexity index is 924. The molecule has 12 nitrogen and oxygen atoms in total. The van der Waals surface area contributed by atoms with Crippen molar-refractivity contribution in [3.05, 3.63) is 22.2 Å². The topological polar surface area (TPSA) is 206 Å². The van der Waals surface area contributed by atoms with Crippen LogP contribution >= 0.6 is 0 Å². The number of nitro groups is 1. The molecule has 1 rings (SSSR count). The van der Waals surface area contributed by atoms with Crippen LogP contribution in [-0.4, -0.2) is 43.8 Å². The minimum Gasteiger partial charge on any atom is -0.282 e. The SMILES string of the molecule is O=[N+]([O-])c1ccc(S(=O)(=O)O)c(S(=O)(=O)O)c1S(=O)(=O)O. The summed E-state index contributed by atoms with van der Waals surface area (Å²) in [7, 11) is -16.7. The summed E-state index contributed by atoms with van der Waals surface area (Å²) < 4.78 is 93.0. The molecule has 0 aliphatic rings. The summed E-state index contributed by atoms with van der Waals surface area (Å²) in [5.74, 6) is 0. The first-order valence-corrected chi connectivity index (χ1v) is 8.73. The van der Waals surface area contributed by atoms with Gasteiger partial charge in [-0.05, 0) is 6.07 Å². The Morgan fingerprint density at radius 2 is 1.24 bits per heavy atom. The van der Waals surface area contributed by atoms with Gasteiger partial charge in [-0.1, -0.05) is 0 Å². The molecule has 1 aromatic carbocycles. The van der Waals surface area contributed by atoms with Gasteiger partial charge in [-0.25, -0.2) is 0 Å². The van der Waals surface area contributed by atoms with Crippen molar-refractivity contribution in [1.29, 1.82) is 0 Å². The van der Waals surface area contributed by atoms with Gasteiger partial charge in [0.15, 0.2) is 4.90 Å². The van der Waals surface area contributed by atoms with Crippen molar-refractivity contribution >= 4 is 36.0 Å². The maximum atomic E-state index is 11.1. The lowest BCUT2D eigenvalue weighted by atomic mass is 10.3. The lowest BCUT2D eigenvalue weighted by Crippen LogP contribution is -2.16. The van der Waals surface area contributed by atoms with Gasteiger partial charge in [0.25, 0.3) is 25.9 Å². The van der Waals surface area contributed by atoms with Crippen molar-refractivity contribution in [2.24, 2.45) is 0 Å². The summed E-state index contributed by atoms with van der Waals surface area (Å²) in [4.78, 5) is 3.55. The van der Waals surface area contributed by atoms with E-state index in [9.17, 15) is 35.4 Å². The maximum absolute atomic E-state index is 11.1. The van der Waals surface area contributed by atoms with Crippen LogP contribution in [0.2, 0.25) is 0 Å². The van der Waals surface area contributed by atoms with Gasteiger partial charge in [-0.15, -0.1) is 0 Å². The van der Waals surface area contributed by atoms with Crippen molar-refractivity contribution < 1.29 is 43.8 Å². The number of hydrogen-bond acceptors (Lipinski definition) is 8. The van der Waals surface area contributed by atoms with Gasteiger partial charge in [0, 0.05) is 6.07 Å². The number of rotatable bonds is 4. The Balaban J connectivity index is 4.29. The molecule has 0 aromatic heterocycles. The van der Waals surface area contributed by atoms with Gasteiger partial charge >= 0.3 is 10.1 Å². The molecule has 0 aliphatic heterocycles. The van der Waals surface area contributed by atoms with Crippen LogP contribution in [0.1, 0.15) is 0 Å². The van der Waals surface area contributed by atoms with Crippen molar-refractivity contribution in [2.75, 3.05) is 0 Å². The molecule has 0 radical (unpaired) electrons. The van der Waals surface area contributed by atoms with Crippen LogP contribution in [-0.2, 0) is 30.4 Å². The Labute approximate surface area is 117 Å². The molecule has 0 atom stereocenters. The summed E-state index contributed by atoms with van der Waals surface area (Å²) >= 11 is 0. The van der Waals surface area contributed by atoms with E-state index in [4.69, 9.17) is 13.7 Å². The van der Waals surface area contributed by atoms with E-state index in [-0.39, 0.29) is 12.1 Å². The second-order valence-electron chi connectivity index (χ2n) is 3.42. The second-order valence-corrected chi connectivity index (χ2v) is 7.53. The average Bonchev–Trinajstić information content (AvgIpc) is 2.23. The van der Waals surface area contributed by atoms with Crippen molar-refractivity contribution in [1.82, 2.24) is 0 Å². The molecule has 118 valence electrons. The molecule has 0 saturated carbocycles. The highest BCUT2D eigenvalue weighted by atomic mass is 32.2. The second kappa shape index (κ2) is 4.97. The molecule has 0 saturated heterocycles. The normalized spacial score (nSPS) is 13.1. The van der Waals surface area contributed by atoms with Crippen LogP contribution in [0.3, 0.4) is 0 Å². The van der Waals surface area contributed by atoms with E-state index in [0.29, 0.717) is 0 Å². The highest BCUT2D eigenvalue weighted by Gasteiger charge is 2.38. The molecule has 0 aliphatic carbocycles. The lowest BCUT2D eigenvalue weighted by Gasteiger charge is -2.09. The number of nitro benzene ring substituents is 1. The fraction of sp³-hybridized carbons (Fsp3) is 0. The van der Waals surface area contributed by atoms with Crippen molar-refractivity contribution in [2.45, 2.75) is 14.7 Å². The number of nitrogens with zero attached hydrogens (tertiary/aromatic N) is 1. The Kier molecular flexibility index (Phi) is 4.12. The monoisotopic (exact) mass is 363 g/mol. The summed E-state index contributed by atoms with van der Waals surface area (Å²) in [5.41, 5.74) is -1.52. The fourth-order valence-corrected chi connectivity index (χ4v) is 4.69. The third-order valence-electron chi connectivity index (χ3n) is 2.05. The van der Waals surface area contributed by atoms with Crippen LogP contribution in [0.15, 0.2) is 26.8 Å². The van der Waals surface area contributed by atoms with E-state index in [0.717, 1.165) is 0 Å². The molecular weight excluding hydrogens is 358 g/mol.